The lowest BCUT2D eigenvalue weighted by atomic mass is 10.1. The van der Waals surface area contributed by atoms with Crippen molar-refractivity contribution < 1.29 is 9.90 Å². The van der Waals surface area contributed by atoms with Crippen LogP contribution in [0.3, 0.4) is 0 Å². The van der Waals surface area contributed by atoms with Crippen molar-refractivity contribution in [2.24, 2.45) is 0 Å². The van der Waals surface area contributed by atoms with E-state index in [0.29, 0.717) is 16.9 Å². The fraction of sp³-hybridized carbons (Fsp3) is 0.200. The van der Waals surface area contributed by atoms with E-state index in [9.17, 15) is 4.79 Å². The highest BCUT2D eigenvalue weighted by Crippen LogP contribution is 2.18. The molecule has 0 radical (unpaired) electrons. The van der Waals surface area contributed by atoms with Gasteiger partial charge in [-0.15, -0.1) is 11.3 Å². The van der Waals surface area contributed by atoms with Gasteiger partial charge >= 0.3 is 0 Å². The zero-order valence-corrected chi connectivity index (χ0v) is 12.0. The van der Waals surface area contributed by atoms with Crippen molar-refractivity contribution in [3.05, 3.63) is 45.4 Å². The van der Waals surface area contributed by atoms with Crippen molar-refractivity contribution >= 4 is 22.9 Å². The van der Waals surface area contributed by atoms with Crippen LogP contribution >= 0.6 is 11.3 Å². The Morgan fingerprint density at radius 1 is 1.45 bits per heavy atom. The summed E-state index contributed by atoms with van der Waals surface area (Å²) in [5.41, 5.74) is 2.71. The molecule has 1 heterocycles. The molecule has 0 aliphatic heterocycles. The average Bonchev–Trinajstić information content (AvgIpc) is 2.85. The number of amides is 1. The SMILES string of the molecule is Cc1ccc(C#CCO)c(NC(=O)c2csc(C)n2)c1. The number of aliphatic hydroxyl groups is 1. The molecule has 0 bridgehead atoms. The molecule has 0 atom stereocenters. The van der Waals surface area contributed by atoms with Crippen LogP contribution in [0.4, 0.5) is 5.69 Å². The standard InChI is InChI=1S/C15H14N2O2S/c1-10-5-6-12(4-3-7-18)13(8-10)17-15(19)14-9-20-11(2)16-14/h5-6,8-9,18H,7H2,1-2H3,(H,17,19). The number of thiazole rings is 1. The first kappa shape index (κ1) is 14.3. The number of hydrogen-bond acceptors (Lipinski definition) is 4. The lowest BCUT2D eigenvalue weighted by Crippen LogP contribution is -2.13. The topological polar surface area (TPSA) is 62.2 Å². The summed E-state index contributed by atoms with van der Waals surface area (Å²) in [5, 5.41) is 14.1. The highest BCUT2D eigenvalue weighted by atomic mass is 32.1. The van der Waals surface area contributed by atoms with E-state index in [2.05, 4.69) is 22.1 Å². The molecule has 0 aliphatic rings. The van der Waals surface area contributed by atoms with Crippen LogP contribution in [-0.4, -0.2) is 22.6 Å². The molecule has 2 aromatic rings. The molecular weight excluding hydrogens is 272 g/mol. The first-order valence-electron chi connectivity index (χ1n) is 6.04. The van der Waals surface area contributed by atoms with Crippen molar-refractivity contribution in [2.75, 3.05) is 11.9 Å². The number of anilines is 1. The Bertz CT molecular complexity index is 695. The molecule has 0 spiro atoms. The van der Waals surface area contributed by atoms with E-state index in [1.165, 1.54) is 11.3 Å². The van der Waals surface area contributed by atoms with Gasteiger partial charge in [0, 0.05) is 10.9 Å². The number of nitrogens with one attached hydrogen (secondary N) is 1. The summed E-state index contributed by atoms with van der Waals surface area (Å²) in [5.74, 6) is 5.14. The zero-order valence-electron chi connectivity index (χ0n) is 11.2. The number of benzene rings is 1. The van der Waals surface area contributed by atoms with E-state index >= 15 is 0 Å². The van der Waals surface area contributed by atoms with Crippen molar-refractivity contribution in [2.45, 2.75) is 13.8 Å². The van der Waals surface area contributed by atoms with Gasteiger partial charge in [-0.2, -0.15) is 0 Å². The number of aromatic nitrogens is 1. The first-order chi connectivity index (χ1) is 9.60. The third kappa shape index (κ3) is 3.44. The maximum atomic E-state index is 12.1. The van der Waals surface area contributed by atoms with Crippen LogP contribution in [0.2, 0.25) is 0 Å². The van der Waals surface area contributed by atoms with Crippen molar-refractivity contribution in [1.29, 1.82) is 0 Å². The fourth-order valence-electron chi connectivity index (χ4n) is 1.66. The summed E-state index contributed by atoms with van der Waals surface area (Å²) >= 11 is 1.43. The normalized spacial score (nSPS) is 9.75. The van der Waals surface area contributed by atoms with E-state index in [1.807, 2.05) is 32.0 Å². The predicted octanol–water partition coefficient (Wildman–Crippen LogP) is 2.36. The fourth-order valence-corrected chi connectivity index (χ4v) is 2.25. The predicted molar refractivity (Wildman–Crippen MR) is 79.9 cm³/mol. The summed E-state index contributed by atoms with van der Waals surface area (Å²) < 4.78 is 0. The number of carbonyl (C=O) groups is 1. The van der Waals surface area contributed by atoms with Crippen molar-refractivity contribution in [3.63, 3.8) is 0 Å². The molecule has 0 aliphatic carbocycles. The molecule has 4 nitrogen and oxygen atoms in total. The van der Waals surface area contributed by atoms with Gasteiger partial charge in [-0.3, -0.25) is 4.79 Å². The quantitative estimate of drug-likeness (QED) is 0.833. The second kappa shape index (κ2) is 6.33. The first-order valence-corrected chi connectivity index (χ1v) is 6.92. The van der Waals surface area contributed by atoms with Crippen LogP contribution in [0.15, 0.2) is 23.6 Å². The van der Waals surface area contributed by atoms with E-state index < -0.39 is 0 Å². The molecule has 1 aromatic heterocycles. The maximum Gasteiger partial charge on any atom is 0.275 e. The van der Waals surface area contributed by atoms with Crippen LogP contribution in [-0.2, 0) is 0 Å². The molecule has 0 saturated heterocycles. The number of hydrogen-bond donors (Lipinski definition) is 2. The maximum absolute atomic E-state index is 12.1. The van der Waals surface area contributed by atoms with Crippen LogP contribution in [0.5, 0.6) is 0 Å². The molecule has 102 valence electrons. The van der Waals surface area contributed by atoms with E-state index in [-0.39, 0.29) is 12.5 Å². The third-order valence-electron chi connectivity index (χ3n) is 2.58. The molecule has 0 fully saturated rings. The highest BCUT2D eigenvalue weighted by Gasteiger charge is 2.11. The minimum Gasteiger partial charge on any atom is -0.384 e. The smallest absolute Gasteiger partial charge is 0.275 e. The van der Waals surface area contributed by atoms with Gasteiger partial charge in [0.2, 0.25) is 0 Å². The lowest BCUT2D eigenvalue weighted by Gasteiger charge is -2.07. The third-order valence-corrected chi connectivity index (χ3v) is 3.35. The number of aryl methyl sites for hydroxylation is 2. The van der Waals surface area contributed by atoms with Crippen LogP contribution < -0.4 is 5.32 Å². The molecule has 5 heteroatoms. The summed E-state index contributed by atoms with van der Waals surface area (Å²) in [6, 6.07) is 5.57. The molecule has 2 N–H and O–H groups in total. The van der Waals surface area contributed by atoms with Crippen molar-refractivity contribution in [3.8, 4) is 11.8 Å². The summed E-state index contributed by atoms with van der Waals surface area (Å²) in [6.07, 6.45) is 0. The van der Waals surface area contributed by atoms with Gasteiger partial charge in [-0.25, -0.2) is 4.98 Å². The Balaban J connectivity index is 2.28. The summed E-state index contributed by atoms with van der Waals surface area (Å²) in [6.45, 7) is 3.57. The van der Waals surface area contributed by atoms with Gasteiger partial charge in [0.1, 0.15) is 12.3 Å². The van der Waals surface area contributed by atoms with Crippen LogP contribution in [0.25, 0.3) is 0 Å². The molecule has 1 amide bonds. The van der Waals surface area contributed by atoms with Crippen molar-refractivity contribution in [1.82, 2.24) is 4.98 Å². The van der Waals surface area contributed by atoms with E-state index in [0.717, 1.165) is 10.6 Å². The molecule has 0 unspecified atom stereocenters. The molecule has 1 aromatic carbocycles. The number of carbonyl (C=O) groups excluding carboxylic acids is 1. The second-order valence-electron chi connectivity index (χ2n) is 4.21. The molecule has 2 rings (SSSR count). The average molecular weight is 286 g/mol. The minimum absolute atomic E-state index is 0.216. The largest absolute Gasteiger partial charge is 0.384 e. The van der Waals surface area contributed by atoms with Gasteiger partial charge in [0.05, 0.1) is 10.7 Å². The summed E-state index contributed by atoms with van der Waals surface area (Å²) in [7, 11) is 0. The van der Waals surface area contributed by atoms with E-state index in [4.69, 9.17) is 5.11 Å². The van der Waals surface area contributed by atoms with Crippen LogP contribution in [0, 0.1) is 25.7 Å². The van der Waals surface area contributed by atoms with Gasteiger partial charge in [-0.1, -0.05) is 17.9 Å². The Labute approximate surface area is 121 Å². The number of aliphatic hydroxyl groups excluding tert-OH is 1. The number of nitrogens with zero attached hydrogens (tertiary/aromatic N) is 1. The Hall–Kier alpha value is -2.16. The highest BCUT2D eigenvalue weighted by molar-refractivity contribution is 7.09. The molecular formula is C15H14N2O2S. The van der Waals surface area contributed by atoms with Gasteiger partial charge in [0.25, 0.3) is 5.91 Å². The minimum atomic E-state index is -0.257. The molecule has 20 heavy (non-hydrogen) atoms. The Morgan fingerprint density at radius 2 is 2.25 bits per heavy atom. The van der Waals surface area contributed by atoms with Gasteiger partial charge in [-0.05, 0) is 31.5 Å². The summed E-state index contributed by atoms with van der Waals surface area (Å²) in [4.78, 5) is 16.3. The Morgan fingerprint density at radius 3 is 2.90 bits per heavy atom. The van der Waals surface area contributed by atoms with Crippen LogP contribution in [0.1, 0.15) is 26.6 Å². The van der Waals surface area contributed by atoms with Gasteiger partial charge < -0.3 is 10.4 Å². The Kier molecular flexibility index (Phi) is 4.51. The second-order valence-corrected chi connectivity index (χ2v) is 5.28. The lowest BCUT2D eigenvalue weighted by molar-refractivity contribution is 0.102. The zero-order chi connectivity index (χ0) is 14.5. The monoisotopic (exact) mass is 286 g/mol. The number of rotatable bonds is 2. The van der Waals surface area contributed by atoms with Gasteiger partial charge in [0.15, 0.2) is 0 Å². The molecule has 0 saturated carbocycles. The van der Waals surface area contributed by atoms with E-state index in [1.54, 1.807) is 5.38 Å².